The fourth-order valence-electron chi connectivity index (χ4n) is 3.00. The van der Waals surface area contributed by atoms with Crippen molar-refractivity contribution in [2.45, 2.75) is 24.3 Å². The van der Waals surface area contributed by atoms with Gasteiger partial charge in [0.2, 0.25) is 0 Å². The number of hydrogen-bond acceptors (Lipinski definition) is 6. The Morgan fingerprint density at radius 2 is 1.68 bits per heavy atom. The van der Waals surface area contributed by atoms with Gasteiger partial charge in [-0.2, -0.15) is 5.10 Å². The molecule has 8 heteroatoms. The summed E-state index contributed by atoms with van der Waals surface area (Å²) in [6.45, 7) is 1.48. The lowest BCUT2D eigenvalue weighted by molar-refractivity contribution is -0.118. The van der Waals surface area contributed by atoms with Gasteiger partial charge in [-0.25, -0.2) is 8.42 Å². The molecule has 0 spiro atoms. The fourth-order valence-corrected chi connectivity index (χ4v) is 3.63. The van der Waals surface area contributed by atoms with Gasteiger partial charge >= 0.3 is 0 Å². The molecule has 0 fully saturated rings. The molecule has 1 heterocycles. The smallest absolute Gasteiger partial charge is 0.274 e. The quantitative estimate of drug-likeness (QED) is 0.770. The average molecular weight is 399 g/mol. The van der Waals surface area contributed by atoms with Gasteiger partial charge in [0.05, 0.1) is 10.6 Å². The highest BCUT2D eigenvalue weighted by molar-refractivity contribution is 7.90. The molecule has 0 radical (unpaired) electrons. The van der Waals surface area contributed by atoms with Gasteiger partial charge in [0, 0.05) is 25.4 Å². The molecule has 0 saturated heterocycles. The lowest BCUT2D eigenvalue weighted by Gasteiger charge is -2.20. The van der Waals surface area contributed by atoms with Crippen LogP contribution in [0, 0.1) is 0 Å². The van der Waals surface area contributed by atoms with E-state index in [2.05, 4.69) is 5.10 Å². The average Bonchev–Trinajstić information content (AvgIpc) is 3.13. The highest BCUT2D eigenvalue weighted by atomic mass is 32.2. The van der Waals surface area contributed by atoms with Crippen molar-refractivity contribution >= 4 is 38.6 Å². The van der Waals surface area contributed by atoms with E-state index in [0.29, 0.717) is 5.69 Å². The van der Waals surface area contributed by atoms with Crippen molar-refractivity contribution in [3.63, 3.8) is 0 Å². The van der Waals surface area contributed by atoms with Crippen molar-refractivity contribution < 1.29 is 18.0 Å². The van der Waals surface area contributed by atoms with E-state index < -0.39 is 15.9 Å². The van der Waals surface area contributed by atoms with Crippen LogP contribution >= 0.6 is 0 Å². The number of anilines is 2. The number of nitrogens with zero attached hydrogens (tertiary/aromatic N) is 3. The van der Waals surface area contributed by atoms with Crippen LogP contribution in [0.3, 0.4) is 0 Å². The third kappa shape index (κ3) is 3.96. The summed E-state index contributed by atoms with van der Waals surface area (Å²) in [5.41, 5.74) is 1.56. The minimum absolute atomic E-state index is 0.0736. The van der Waals surface area contributed by atoms with Gasteiger partial charge in [0.25, 0.3) is 5.91 Å². The molecule has 1 unspecified atom stereocenters. The molecule has 2 aromatic carbocycles. The first-order chi connectivity index (χ1) is 13.2. The van der Waals surface area contributed by atoms with Crippen LogP contribution in [-0.2, 0) is 19.4 Å². The second-order valence-corrected chi connectivity index (χ2v) is 8.70. The Kier molecular flexibility index (Phi) is 5.33. The number of rotatable bonds is 5. The first-order valence-electron chi connectivity index (χ1n) is 8.69. The van der Waals surface area contributed by atoms with Gasteiger partial charge in [-0.3, -0.25) is 14.6 Å². The predicted octanol–water partition coefficient (Wildman–Crippen LogP) is 2.28. The first-order valence-corrected chi connectivity index (χ1v) is 10.6. The zero-order chi connectivity index (χ0) is 20.5. The molecular formula is C20H21N3O4S. The summed E-state index contributed by atoms with van der Waals surface area (Å²) in [5.74, 6) is -0.410. The number of amides is 1. The van der Waals surface area contributed by atoms with Crippen LogP contribution in [0.1, 0.15) is 13.3 Å². The van der Waals surface area contributed by atoms with Crippen LogP contribution in [0.15, 0.2) is 64.6 Å². The Hall–Kier alpha value is -3.00. The van der Waals surface area contributed by atoms with Crippen LogP contribution in [0.5, 0.6) is 0 Å². The Morgan fingerprint density at radius 1 is 1.07 bits per heavy atom. The molecule has 3 rings (SSSR count). The lowest BCUT2D eigenvalue weighted by atomic mass is 10.1. The number of benzene rings is 2. The largest absolute Gasteiger partial charge is 0.310 e. The third-order valence-electron chi connectivity index (χ3n) is 4.60. The third-order valence-corrected chi connectivity index (χ3v) is 5.73. The van der Waals surface area contributed by atoms with Crippen molar-refractivity contribution in [3.8, 4) is 0 Å². The van der Waals surface area contributed by atoms with E-state index in [9.17, 15) is 18.0 Å². The van der Waals surface area contributed by atoms with Gasteiger partial charge < -0.3 is 4.90 Å². The molecule has 0 aromatic heterocycles. The van der Waals surface area contributed by atoms with Gasteiger partial charge in [-0.05, 0) is 43.3 Å². The highest BCUT2D eigenvalue weighted by Crippen LogP contribution is 2.26. The van der Waals surface area contributed by atoms with Gasteiger partial charge in [-0.1, -0.05) is 18.2 Å². The van der Waals surface area contributed by atoms with E-state index >= 15 is 0 Å². The Bertz CT molecular complexity index is 1030. The first kappa shape index (κ1) is 19.8. The van der Waals surface area contributed by atoms with Crippen LogP contribution in [0.25, 0.3) is 0 Å². The summed E-state index contributed by atoms with van der Waals surface area (Å²) >= 11 is 0. The molecule has 1 aliphatic rings. The summed E-state index contributed by atoms with van der Waals surface area (Å²) in [5, 5.41) is 5.99. The molecule has 28 heavy (non-hydrogen) atoms. The number of ketones is 1. The number of sulfone groups is 1. The second-order valence-electron chi connectivity index (χ2n) is 6.69. The lowest BCUT2D eigenvalue weighted by Crippen LogP contribution is -2.35. The molecule has 1 atom stereocenters. The SMILES string of the molecule is CC(=O)C1CC(C(=O)N(C)c2ccc(S(C)(=O)=O)cc2)=NN1c1ccccc1. The molecule has 1 aliphatic heterocycles. The summed E-state index contributed by atoms with van der Waals surface area (Å²) in [7, 11) is -1.72. The minimum Gasteiger partial charge on any atom is -0.310 e. The number of hydrazone groups is 1. The zero-order valence-electron chi connectivity index (χ0n) is 15.9. The number of hydrogen-bond donors (Lipinski definition) is 0. The van der Waals surface area contributed by atoms with Crippen LogP contribution in [0.4, 0.5) is 11.4 Å². The number of para-hydroxylation sites is 1. The van der Waals surface area contributed by atoms with E-state index in [0.717, 1.165) is 11.9 Å². The van der Waals surface area contributed by atoms with E-state index in [-0.39, 0.29) is 28.7 Å². The van der Waals surface area contributed by atoms with Crippen LogP contribution < -0.4 is 9.91 Å². The summed E-state index contributed by atoms with van der Waals surface area (Å²) in [4.78, 5) is 26.6. The maximum atomic E-state index is 12.9. The monoisotopic (exact) mass is 399 g/mol. The maximum Gasteiger partial charge on any atom is 0.274 e. The van der Waals surface area contributed by atoms with Crippen molar-refractivity contribution in [2.75, 3.05) is 23.2 Å². The number of carbonyl (C=O) groups excluding carboxylic acids is 2. The summed E-state index contributed by atoms with van der Waals surface area (Å²) < 4.78 is 23.2. The predicted molar refractivity (Wildman–Crippen MR) is 108 cm³/mol. The standard InChI is InChI=1S/C20H21N3O4S/c1-14(24)19-13-18(21-23(19)16-7-5-4-6-8-16)20(25)22(2)15-9-11-17(12-10-15)28(3,26)27/h4-12,19H,13H2,1-3H3. The molecule has 146 valence electrons. The van der Waals surface area contributed by atoms with Crippen molar-refractivity contribution in [3.05, 3.63) is 54.6 Å². The maximum absolute atomic E-state index is 12.9. The zero-order valence-corrected chi connectivity index (χ0v) is 16.7. The van der Waals surface area contributed by atoms with Crippen LogP contribution in [-0.4, -0.2) is 45.2 Å². The fraction of sp³-hybridized carbons (Fsp3) is 0.250. The summed E-state index contributed by atoms with van der Waals surface area (Å²) in [6.07, 6.45) is 1.35. The molecule has 7 nitrogen and oxygen atoms in total. The van der Waals surface area contributed by atoms with E-state index in [1.807, 2.05) is 30.3 Å². The van der Waals surface area contributed by atoms with Gasteiger partial charge in [0.1, 0.15) is 11.8 Å². The molecule has 0 aliphatic carbocycles. The van der Waals surface area contributed by atoms with Crippen molar-refractivity contribution in [2.24, 2.45) is 5.10 Å². The van der Waals surface area contributed by atoms with Crippen molar-refractivity contribution in [1.29, 1.82) is 0 Å². The molecular weight excluding hydrogens is 378 g/mol. The minimum atomic E-state index is -3.31. The molecule has 0 bridgehead atoms. The molecule has 1 amide bonds. The topological polar surface area (TPSA) is 87.1 Å². The van der Waals surface area contributed by atoms with E-state index in [1.54, 1.807) is 24.2 Å². The Labute approximate surface area is 164 Å². The molecule has 2 aromatic rings. The number of carbonyl (C=O) groups is 2. The normalized spacial score (nSPS) is 16.6. The van der Waals surface area contributed by atoms with Crippen molar-refractivity contribution in [1.82, 2.24) is 0 Å². The Morgan fingerprint density at radius 3 is 2.21 bits per heavy atom. The van der Waals surface area contributed by atoms with Gasteiger partial charge in [-0.15, -0.1) is 0 Å². The molecule has 0 saturated carbocycles. The second kappa shape index (κ2) is 7.55. The summed E-state index contributed by atoms with van der Waals surface area (Å²) in [6, 6.07) is 14.8. The highest BCUT2D eigenvalue weighted by Gasteiger charge is 2.35. The Balaban J connectivity index is 1.86. The number of Topliss-reactive ketones (excluding diaryl/α,β-unsaturated/α-hetero) is 1. The van der Waals surface area contributed by atoms with Crippen LogP contribution in [0.2, 0.25) is 0 Å². The van der Waals surface area contributed by atoms with E-state index in [1.165, 1.54) is 24.0 Å². The van der Waals surface area contributed by atoms with Gasteiger partial charge in [0.15, 0.2) is 15.6 Å². The van der Waals surface area contributed by atoms with E-state index in [4.69, 9.17) is 0 Å². The molecule has 0 N–H and O–H groups in total.